The Morgan fingerprint density at radius 1 is 1.19 bits per heavy atom. The summed E-state index contributed by atoms with van der Waals surface area (Å²) in [5, 5.41) is 0. The van der Waals surface area contributed by atoms with Crippen molar-refractivity contribution in [3.63, 3.8) is 0 Å². The summed E-state index contributed by atoms with van der Waals surface area (Å²) in [5.41, 5.74) is 0. The molecule has 16 heavy (non-hydrogen) atoms. The molecule has 0 aromatic rings. The molecular weight excluding hydrogens is 206 g/mol. The number of likely N-dealkylation sites (tertiary alicyclic amines) is 1. The molecule has 0 bridgehead atoms. The summed E-state index contributed by atoms with van der Waals surface area (Å²) in [6.45, 7) is 4.17. The number of rotatable bonds is 4. The summed E-state index contributed by atoms with van der Waals surface area (Å²) in [7, 11) is 1.37. The topological polar surface area (TPSA) is 46.6 Å². The zero-order chi connectivity index (χ0) is 12.1. The van der Waals surface area contributed by atoms with Crippen LogP contribution in [0.4, 0.5) is 0 Å². The van der Waals surface area contributed by atoms with Crippen LogP contribution in [0.1, 0.15) is 46.0 Å². The second kappa shape index (κ2) is 5.87. The highest BCUT2D eigenvalue weighted by atomic mass is 16.5. The van der Waals surface area contributed by atoms with Crippen LogP contribution in [0.2, 0.25) is 0 Å². The Balaban J connectivity index is 2.32. The molecule has 1 amide bonds. The van der Waals surface area contributed by atoms with Crippen molar-refractivity contribution < 1.29 is 14.3 Å². The van der Waals surface area contributed by atoms with E-state index in [-0.39, 0.29) is 11.9 Å². The van der Waals surface area contributed by atoms with Gasteiger partial charge in [-0.15, -0.1) is 0 Å². The maximum Gasteiger partial charge on any atom is 0.305 e. The van der Waals surface area contributed by atoms with E-state index in [2.05, 4.69) is 18.6 Å². The van der Waals surface area contributed by atoms with Gasteiger partial charge in [-0.1, -0.05) is 0 Å². The number of carbonyl (C=O) groups excluding carboxylic acids is 2. The van der Waals surface area contributed by atoms with Crippen LogP contribution in [0.25, 0.3) is 0 Å². The molecular formula is C12H21NO3. The molecule has 1 fully saturated rings. The first-order valence-electron chi connectivity index (χ1n) is 5.94. The third-order valence-electron chi connectivity index (χ3n) is 3.24. The van der Waals surface area contributed by atoms with E-state index in [9.17, 15) is 9.59 Å². The van der Waals surface area contributed by atoms with Gasteiger partial charge in [-0.05, 0) is 33.1 Å². The maximum absolute atomic E-state index is 11.9. The van der Waals surface area contributed by atoms with Gasteiger partial charge in [0.2, 0.25) is 5.91 Å². The van der Waals surface area contributed by atoms with E-state index < -0.39 is 0 Å². The first kappa shape index (κ1) is 13.0. The first-order valence-corrected chi connectivity index (χ1v) is 5.94. The van der Waals surface area contributed by atoms with Crippen molar-refractivity contribution in [1.29, 1.82) is 0 Å². The van der Waals surface area contributed by atoms with Crippen LogP contribution in [0.3, 0.4) is 0 Å². The lowest BCUT2D eigenvalue weighted by molar-refractivity contribution is -0.141. The van der Waals surface area contributed by atoms with Crippen LogP contribution in [0.5, 0.6) is 0 Å². The predicted molar refractivity (Wildman–Crippen MR) is 60.9 cm³/mol. The summed E-state index contributed by atoms with van der Waals surface area (Å²) >= 11 is 0. The molecule has 92 valence electrons. The molecule has 0 unspecified atom stereocenters. The summed E-state index contributed by atoms with van der Waals surface area (Å²) in [6.07, 6.45) is 3.54. The van der Waals surface area contributed by atoms with E-state index in [1.54, 1.807) is 0 Å². The van der Waals surface area contributed by atoms with Crippen molar-refractivity contribution >= 4 is 11.9 Å². The average molecular weight is 227 g/mol. The normalized spacial score (nSPS) is 24.6. The molecule has 1 aliphatic rings. The van der Waals surface area contributed by atoms with E-state index >= 15 is 0 Å². The third-order valence-corrected chi connectivity index (χ3v) is 3.24. The molecule has 4 heteroatoms. The number of esters is 1. The van der Waals surface area contributed by atoms with Crippen LogP contribution in [0.15, 0.2) is 0 Å². The minimum Gasteiger partial charge on any atom is -0.469 e. The van der Waals surface area contributed by atoms with Crippen molar-refractivity contribution in [2.24, 2.45) is 0 Å². The number of amides is 1. The number of nitrogens with zero attached hydrogens (tertiary/aromatic N) is 1. The molecule has 0 aliphatic carbocycles. The van der Waals surface area contributed by atoms with Crippen LogP contribution < -0.4 is 0 Å². The Hall–Kier alpha value is -1.06. The fourth-order valence-corrected chi connectivity index (χ4v) is 2.30. The zero-order valence-corrected chi connectivity index (χ0v) is 10.4. The van der Waals surface area contributed by atoms with Gasteiger partial charge >= 0.3 is 5.97 Å². The largest absolute Gasteiger partial charge is 0.469 e. The Morgan fingerprint density at radius 3 is 2.25 bits per heavy atom. The van der Waals surface area contributed by atoms with Gasteiger partial charge in [0.15, 0.2) is 0 Å². The quantitative estimate of drug-likeness (QED) is 0.687. The van der Waals surface area contributed by atoms with E-state index in [1.165, 1.54) is 7.11 Å². The molecule has 0 aromatic carbocycles. The highest BCUT2D eigenvalue weighted by molar-refractivity contribution is 5.78. The molecule has 2 atom stereocenters. The number of hydrogen-bond acceptors (Lipinski definition) is 3. The molecule has 0 saturated carbocycles. The number of carbonyl (C=O) groups is 2. The molecule has 0 N–H and O–H groups in total. The lowest BCUT2D eigenvalue weighted by atomic mass is 10.2. The Morgan fingerprint density at radius 2 is 1.75 bits per heavy atom. The minimum absolute atomic E-state index is 0.168. The predicted octanol–water partition coefficient (Wildman–Crippen LogP) is 1.73. The molecule has 1 saturated heterocycles. The summed E-state index contributed by atoms with van der Waals surface area (Å²) in [4.78, 5) is 24.8. The Kier molecular flexibility index (Phi) is 4.77. The minimum atomic E-state index is -0.240. The summed E-state index contributed by atoms with van der Waals surface area (Å²) in [6, 6.07) is 0.696. The Labute approximate surface area is 96.9 Å². The molecule has 0 radical (unpaired) electrons. The highest BCUT2D eigenvalue weighted by Crippen LogP contribution is 2.24. The van der Waals surface area contributed by atoms with E-state index in [1.807, 2.05) is 4.90 Å². The van der Waals surface area contributed by atoms with Crippen LogP contribution in [-0.2, 0) is 14.3 Å². The standard InChI is InChI=1S/C12H21NO3/c1-9-7-8-10(2)13(9)11(14)5-4-6-12(15)16-3/h9-10H,4-8H2,1-3H3/t9-,10+. The summed E-state index contributed by atoms with van der Waals surface area (Å²) in [5.74, 6) is -0.0725. The fourth-order valence-electron chi connectivity index (χ4n) is 2.30. The van der Waals surface area contributed by atoms with Crippen molar-refractivity contribution in [3.8, 4) is 0 Å². The van der Waals surface area contributed by atoms with Gasteiger partial charge in [0, 0.05) is 24.9 Å². The second-order valence-corrected chi connectivity index (χ2v) is 4.51. The Bertz CT molecular complexity index is 255. The van der Waals surface area contributed by atoms with Gasteiger partial charge in [-0.25, -0.2) is 0 Å². The van der Waals surface area contributed by atoms with E-state index in [0.29, 0.717) is 31.3 Å². The molecule has 1 rings (SSSR count). The van der Waals surface area contributed by atoms with E-state index in [4.69, 9.17) is 0 Å². The highest BCUT2D eigenvalue weighted by Gasteiger charge is 2.30. The summed E-state index contributed by atoms with van der Waals surface area (Å²) < 4.78 is 4.54. The SMILES string of the molecule is COC(=O)CCCC(=O)N1[C@H](C)CC[C@@H]1C. The fraction of sp³-hybridized carbons (Fsp3) is 0.833. The second-order valence-electron chi connectivity index (χ2n) is 4.51. The van der Waals surface area contributed by atoms with Gasteiger partial charge in [-0.2, -0.15) is 0 Å². The van der Waals surface area contributed by atoms with Gasteiger partial charge < -0.3 is 9.64 Å². The van der Waals surface area contributed by atoms with Gasteiger partial charge in [-0.3, -0.25) is 9.59 Å². The molecule has 0 aromatic heterocycles. The lowest BCUT2D eigenvalue weighted by Gasteiger charge is -2.26. The van der Waals surface area contributed by atoms with Gasteiger partial charge in [0.25, 0.3) is 0 Å². The lowest BCUT2D eigenvalue weighted by Crippen LogP contribution is -2.38. The number of hydrogen-bond donors (Lipinski definition) is 0. The number of ether oxygens (including phenoxy) is 1. The van der Waals surface area contributed by atoms with E-state index in [0.717, 1.165) is 12.8 Å². The monoisotopic (exact) mass is 227 g/mol. The van der Waals surface area contributed by atoms with Crippen molar-refractivity contribution in [2.45, 2.75) is 58.0 Å². The smallest absolute Gasteiger partial charge is 0.305 e. The van der Waals surface area contributed by atoms with Crippen LogP contribution in [0, 0.1) is 0 Å². The first-order chi connectivity index (χ1) is 7.56. The van der Waals surface area contributed by atoms with Crippen LogP contribution >= 0.6 is 0 Å². The molecule has 0 spiro atoms. The van der Waals surface area contributed by atoms with Gasteiger partial charge in [0.05, 0.1) is 7.11 Å². The molecule has 1 heterocycles. The van der Waals surface area contributed by atoms with Crippen LogP contribution in [-0.4, -0.2) is 36.0 Å². The van der Waals surface area contributed by atoms with Crippen molar-refractivity contribution in [2.75, 3.05) is 7.11 Å². The number of methoxy groups -OCH3 is 1. The zero-order valence-electron chi connectivity index (χ0n) is 10.4. The van der Waals surface area contributed by atoms with Crippen molar-refractivity contribution in [1.82, 2.24) is 4.90 Å². The molecule has 1 aliphatic heterocycles. The van der Waals surface area contributed by atoms with Gasteiger partial charge in [0.1, 0.15) is 0 Å². The maximum atomic E-state index is 11.9. The molecule has 4 nitrogen and oxygen atoms in total. The van der Waals surface area contributed by atoms with Crippen molar-refractivity contribution in [3.05, 3.63) is 0 Å². The third kappa shape index (κ3) is 3.22. The average Bonchev–Trinajstić information content (AvgIpc) is 2.58.